The van der Waals surface area contributed by atoms with Crippen molar-refractivity contribution in [3.05, 3.63) is 0 Å². The highest BCUT2D eigenvalue weighted by Gasteiger charge is 2.55. The third-order valence-electron chi connectivity index (χ3n) is 6.50. The summed E-state index contributed by atoms with van der Waals surface area (Å²) >= 11 is 0. The smallest absolute Gasteiger partial charge is 0.110 e. The van der Waals surface area contributed by atoms with Gasteiger partial charge in [-0.05, 0) is 38.5 Å². The number of rotatable bonds is 3. The normalized spacial score (nSPS) is 45.3. The Labute approximate surface area is 138 Å². The van der Waals surface area contributed by atoms with Crippen molar-refractivity contribution in [1.82, 2.24) is 0 Å². The quantitative estimate of drug-likeness (QED) is 0.555. The average Bonchev–Trinajstić information content (AvgIpc) is 2.55. The Morgan fingerprint density at radius 3 is 1.04 bits per heavy atom. The van der Waals surface area contributed by atoms with Crippen LogP contribution >= 0.6 is 7.14 Å². The number of alkyl halides is 3. The van der Waals surface area contributed by atoms with Gasteiger partial charge in [0.1, 0.15) is 25.7 Å². The highest BCUT2D eigenvalue weighted by atomic mass is 31.2. The Hall–Kier alpha value is 0.0200. The fourth-order valence-corrected chi connectivity index (χ4v) is 10.5. The van der Waals surface area contributed by atoms with Gasteiger partial charge in [-0.3, -0.25) is 0 Å². The Bertz CT molecular complexity index is 382. The molecule has 0 N–H and O–H groups in total. The highest BCUT2D eigenvalue weighted by molar-refractivity contribution is 7.66. The molecule has 0 aromatic carbocycles. The largest absolute Gasteiger partial charge is 0.322 e. The summed E-state index contributed by atoms with van der Waals surface area (Å²) in [7, 11) is -3.24. The van der Waals surface area contributed by atoms with E-state index in [0.29, 0.717) is 38.5 Å². The van der Waals surface area contributed by atoms with Gasteiger partial charge in [0.2, 0.25) is 0 Å². The summed E-state index contributed by atoms with van der Waals surface area (Å²) in [5.74, 6) is 0. The van der Waals surface area contributed by atoms with Crippen LogP contribution in [0.3, 0.4) is 0 Å². The topological polar surface area (TPSA) is 17.1 Å². The molecule has 6 atom stereocenters. The molecule has 3 aliphatic rings. The predicted octanol–water partition coefficient (Wildman–Crippen LogP) is 6.19. The van der Waals surface area contributed by atoms with Crippen LogP contribution in [0.4, 0.5) is 13.2 Å². The van der Waals surface area contributed by atoms with Crippen molar-refractivity contribution in [2.24, 2.45) is 0 Å². The van der Waals surface area contributed by atoms with Crippen molar-refractivity contribution in [3.63, 3.8) is 0 Å². The van der Waals surface area contributed by atoms with Crippen LogP contribution in [0.1, 0.15) is 77.0 Å². The lowest BCUT2D eigenvalue weighted by Crippen LogP contribution is -2.43. The fraction of sp³-hybridized carbons (Fsp3) is 1.00. The average molecular weight is 350 g/mol. The molecule has 5 heteroatoms. The van der Waals surface area contributed by atoms with Crippen LogP contribution in [0, 0.1) is 0 Å². The summed E-state index contributed by atoms with van der Waals surface area (Å²) in [5.41, 5.74) is -1.75. The van der Waals surface area contributed by atoms with Gasteiger partial charge in [0.05, 0.1) is 0 Å². The standard InChI is InChI=1S/C18H30F3OP/c19-13-7-1-4-10-16(13)23(22,17-11-5-2-8-14(17)20)18-12-6-3-9-15(18)21/h13-18H,1-12H2. The van der Waals surface area contributed by atoms with Crippen LogP contribution in [0.2, 0.25) is 0 Å². The zero-order valence-electron chi connectivity index (χ0n) is 13.9. The molecule has 3 aliphatic carbocycles. The van der Waals surface area contributed by atoms with E-state index in [1.165, 1.54) is 0 Å². The van der Waals surface area contributed by atoms with Crippen LogP contribution in [0.15, 0.2) is 0 Å². The maximum Gasteiger partial charge on any atom is 0.110 e. The first-order chi connectivity index (χ1) is 11.0. The summed E-state index contributed by atoms with van der Waals surface area (Å²) in [6.45, 7) is 0. The molecule has 0 radical (unpaired) electrons. The molecule has 3 rings (SSSR count). The minimum absolute atomic E-state index is 0.419. The van der Waals surface area contributed by atoms with E-state index in [-0.39, 0.29) is 0 Å². The van der Waals surface area contributed by atoms with Crippen molar-refractivity contribution in [3.8, 4) is 0 Å². The number of hydrogen-bond donors (Lipinski definition) is 0. The molecule has 0 aromatic rings. The van der Waals surface area contributed by atoms with E-state index in [9.17, 15) is 17.7 Å². The summed E-state index contributed by atoms with van der Waals surface area (Å²) < 4.78 is 58.3. The second-order valence-corrected chi connectivity index (χ2v) is 11.4. The van der Waals surface area contributed by atoms with Crippen molar-refractivity contribution in [2.75, 3.05) is 0 Å². The molecular formula is C18H30F3OP. The Morgan fingerprint density at radius 2 is 0.783 bits per heavy atom. The Balaban J connectivity index is 1.95. The summed E-state index contributed by atoms with van der Waals surface area (Å²) in [6.07, 6.45) is 4.54. The van der Waals surface area contributed by atoms with Gasteiger partial charge in [-0.15, -0.1) is 0 Å². The second-order valence-electron chi connectivity index (χ2n) is 7.87. The van der Waals surface area contributed by atoms with Crippen molar-refractivity contribution in [1.29, 1.82) is 0 Å². The van der Waals surface area contributed by atoms with Gasteiger partial charge in [0, 0.05) is 17.0 Å². The number of halogens is 3. The van der Waals surface area contributed by atoms with E-state index >= 15 is 0 Å². The first-order valence-electron chi connectivity index (χ1n) is 9.56. The van der Waals surface area contributed by atoms with Gasteiger partial charge in [-0.2, -0.15) is 0 Å². The van der Waals surface area contributed by atoms with Crippen LogP contribution in [0.5, 0.6) is 0 Å². The lowest BCUT2D eigenvalue weighted by atomic mass is 9.97. The molecule has 0 spiro atoms. The lowest BCUT2D eigenvalue weighted by molar-refractivity contribution is 0.213. The van der Waals surface area contributed by atoms with Crippen LogP contribution in [0.25, 0.3) is 0 Å². The second kappa shape index (κ2) is 7.50. The molecule has 23 heavy (non-hydrogen) atoms. The summed E-state index contributed by atoms with van der Waals surface area (Å²) in [4.78, 5) is 0. The van der Waals surface area contributed by atoms with E-state index in [1.807, 2.05) is 0 Å². The minimum atomic E-state index is -3.24. The molecule has 0 bridgehead atoms. The zero-order chi connectivity index (χ0) is 16.4. The van der Waals surface area contributed by atoms with Gasteiger partial charge in [0.15, 0.2) is 0 Å². The van der Waals surface area contributed by atoms with Crippen LogP contribution in [-0.4, -0.2) is 35.5 Å². The van der Waals surface area contributed by atoms with Gasteiger partial charge in [0.25, 0.3) is 0 Å². The molecule has 0 amide bonds. The Kier molecular flexibility index (Phi) is 5.81. The van der Waals surface area contributed by atoms with E-state index in [2.05, 4.69) is 0 Å². The fourth-order valence-electron chi connectivity index (χ4n) is 5.30. The molecule has 1 nitrogen and oxygen atoms in total. The third-order valence-corrected chi connectivity index (χ3v) is 11.4. The van der Waals surface area contributed by atoms with E-state index < -0.39 is 42.6 Å². The molecule has 0 aliphatic heterocycles. The minimum Gasteiger partial charge on any atom is -0.322 e. The first kappa shape index (κ1) is 17.8. The van der Waals surface area contributed by atoms with Crippen LogP contribution < -0.4 is 0 Å². The van der Waals surface area contributed by atoms with E-state index in [0.717, 1.165) is 38.5 Å². The van der Waals surface area contributed by atoms with Crippen molar-refractivity contribution >= 4 is 7.14 Å². The number of hydrogen-bond acceptors (Lipinski definition) is 1. The molecule has 0 aromatic heterocycles. The van der Waals surface area contributed by atoms with E-state index in [4.69, 9.17) is 0 Å². The van der Waals surface area contributed by atoms with Gasteiger partial charge < -0.3 is 4.57 Å². The summed E-state index contributed by atoms with van der Waals surface area (Å²) in [5, 5.41) is 0. The van der Waals surface area contributed by atoms with Crippen molar-refractivity contribution in [2.45, 2.75) is 113 Å². The lowest BCUT2D eigenvalue weighted by Gasteiger charge is -2.46. The van der Waals surface area contributed by atoms with Crippen molar-refractivity contribution < 1.29 is 17.7 Å². The molecule has 134 valence electrons. The maximum absolute atomic E-state index is 14.7. The Morgan fingerprint density at radius 1 is 0.522 bits per heavy atom. The molecule has 0 heterocycles. The first-order valence-corrected chi connectivity index (χ1v) is 11.5. The summed E-state index contributed by atoms with van der Waals surface area (Å²) in [6, 6.07) is 0. The van der Waals surface area contributed by atoms with Gasteiger partial charge in [-0.1, -0.05) is 38.5 Å². The maximum atomic E-state index is 14.7. The van der Waals surface area contributed by atoms with Gasteiger partial charge in [-0.25, -0.2) is 13.2 Å². The van der Waals surface area contributed by atoms with Crippen LogP contribution in [-0.2, 0) is 4.57 Å². The molecule has 3 fully saturated rings. The predicted molar refractivity (Wildman–Crippen MR) is 89.1 cm³/mol. The molecule has 6 unspecified atom stereocenters. The highest BCUT2D eigenvalue weighted by Crippen LogP contribution is 2.69. The molecule has 3 saturated carbocycles. The molecular weight excluding hydrogens is 320 g/mol. The van der Waals surface area contributed by atoms with Gasteiger partial charge >= 0.3 is 0 Å². The monoisotopic (exact) mass is 350 g/mol. The zero-order valence-corrected chi connectivity index (χ0v) is 14.8. The molecule has 0 saturated heterocycles. The third kappa shape index (κ3) is 3.39. The van der Waals surface area contributed by atoms with E-state index in [1.54, 1.807) is 0 Å². The SMILES string of the molecule is O=P(C1CCCCC1F)(C1CCCCC1F)C1CCCCC1F.